The maximum absolute atomic E-state index is 12.5. The van der Waals surface area contributed by atoms with Gasteiger partial charge in [-0.25, -0.2) is 0 Å². The molecule has 2 aliphatic rings. The molecule has 1 amide bonds. The van der Waals surface area contributed by atoms with Crippen LogP contribution in [0.5, 0.6) is 0 Å². The van der Waals surface area contributed by atoms with Crippen LogP contribution in [-0.4, -0.2) is 18.0 Å². The Morgan fingerprint density at radius 3 is 2.57 bits per heavy atom. The van der Waals surface area contributed by atoms with Gasteiger partial charge in [0.2, 0.25) is 5.91 Å². The summed E-state index contributed by atoms with van der Waals surface area (Å²) in [6, 6.07) is 5.58. The summed E-state index contributed by atoms with van der Waals surface area (Å²) in [6.45, 7) is 0. The number of amides is 1. The van der Waals surface area contributed by atoms with Crippen LogP contribution in [0.1, 0.15) is 38.5 Å². The number of carbonyl (C=O) groups is 1. The first kappa shape index (κ1) is 15.1. The topological polar surface area (TPSA) is 41.1 Å². The normalized spacial score (nSPS) is 28.8. The Morgan fingerprint density at radius 2 is 1.81 bits per heavy atom. The van der Waals surface area contributed by atoms with E-state index in [0.717, 1.165) is 18.8 Å². The number of carbonyl (C=O) groups excluding carboxylic acids is 1. The summed E-state index contributed by atoms with van der Waals surface area (Å²) in [4.78, 5) is 12.5. The zero-order valence-corrected chi connectivity index (χ0v) is 13.4. The third-order valence-electron chi connectivity index (χ3n) is 4.68. The highest BCUT2D eigenvalue weighted by Crippen LogP contribution is 2.33. The third-order valence-corrected chi connectivity index (χ3v) is 5.31. The highest BCUT2D eigenvalue weighted by molar-refractivity contribution is 6.39. The maximum atomic E-state index is 12.5. The Hall–Kier alpha value is -0.770. The van der Waals surface area contributed by atoms with Gasteiger partial charge in [-0.15, -0.1) is 0 Å². The van der Waals surface area contributed by atoms with Gasteiger partial charge in [0.1, 0.15) is 0 Å². The van der Waals surface area contributed by atoms with Crippen LogP contribution in [0.25, 0.3) is 0 Å². The predicted octanol–water partition coefficient (Wildman–Crippen LogP) is 4.24. The molecule has 1 saturated carbocycles. The van der Waals surface area contributed by atoms with Gasteiger partial charge >= 0.3 is 0 Å². The van der Waals surface area contributed by atoms with Crippen molar-refractivity contribution in [1.82, 2.24) is 5.32 Å². The van der Waals surface area contributed by atoms with Gasteiger partial charge in [-0.3, -0.25) is 4.79 Å². The molecule has 3 atom stereocenters. The minimum Gasteiger partial charge on any atom is -0.322 e. The predicted molar refractivity (Wildman–Crippen MR) is 87.0 cm³/mol. The first-order valence-electron chi connectivity index (χ1n) is 7.66. The molecule has 1 heterocycles. The van der Waals surface area contributed by atoms with Gasteiger partial charge < -0.3 is 10.6 Å². The molecular formula is C16H20Cl2N2O. The van der Waals surface area contributed by atoms with Crippen LogP contribution >= 0.6 is 23.2 Å². The smallest absolute Gasteiger partial charge is 0.241 e. The average molecular weight is 327 g/mol. The number of piperidine rings is 1. The number of para-hydroxylation sites is 1. The van der Waals surface area contributed by atoms with E-state index in [1.165, 1.54) is 25.7 Å². The Balaban J connectivity index is 1.66. The summed E-state index contributed by atoms with van der Waals surface area (Å²) in [5.41, 5.74) is 0.512. The maximum Gasteiger partial charge on any atom is 0.241 e. The Labute approximate surface area is 135 Å². The molecule has 3 nitrogen and oxygen atoms in total. The van der Waals surface area contributed by atoms with E-state index in [2.05, 4.69) is 10.6 Å². The van der Waals surface area contributed by atoms with Crippen LogP contribution in [0, 0.1) is 5.92 Å². The molecular weight excluding hydrogens is 307 g/mol. The minimum absolute atomic E-state index is 0.0333. The second kappa shape index (κ2) is 6.55. The Kier molecular flexibility index (Phi) is 4.72. The molecule has 1 aromatic rings. The van der Waals surface area contributed by atoms with Crippen molar-refractivity contribution in [2.45, 2.75) is 50.6 Å². The zero-order valence-electron chi connectivity index (χ0n) is 11.9. The Morgan fingerprint density at radius 1 is 1.10 bits per heavy atom. The quantitative estimate of drug-likeness (QED) is 0.853. The van der Waals surface area contributed by atoms with Crippen molar-refractivity contribution in [2.75, 3.05) is 5.32 Å². The molecule has 3 unspecified atom stereocenters. The fraction of sp³-hybridized carbons (Fsp3) is 0.562. The summed E-state index contributed by atoms with van der Waals surface area (Å²) in [5, 5.41) is 7.34. The highest BCUT2D eigenvalue weighted by Gasteiger charge is 2.34. The van der Waals surface area contributed by atoms with E-state index in [9.17, 15) is 4.79 Å². The monoisotopic (exact) mass is 326 g/mol. The number of rotatable bonds is 2. The summed E-state index contributed by atoms with van der Waals surface area (Å²) in [6.07, 6.45) is 7.08. The van der Waals surface area contributed by atoms with Crippen LogP contribution in [0.15, 0.2) is 18.2 Å². The lowest BCUT2D eigenvalue weighted by molar-refractivity contribution is -0.119. The van der Waals surface area contributed by atoms with Crippen LogP contribution in [0.4, 0.5) is 5.69 Å². The van der Waals surface area contributed by atoms with Gasteiger partial charge in [-0.1, -0.05) is 42.1 Å². The lowest BCUT2D eigenvalue weighted by atomic mass is 9.77. The number of benzene rings is 1. The number of fused-ring (bicyclic) bond motifs is 1. The van der Waals surface area contributed by atoms with E-state index in [4.69, 9.17) is 23.2 Å². The third kappa shape index (κ3) is 3.36. The molecule has 2 fully saturated rings. The lowest BCUT2D eigenvalue weighted by Crippen LogP contribution is -2.53. The minimum atomic E-state index is -0.142. The summed E-state index contributed by atoms with van der Waals surface area (Å²) < 4.78 is 0. The van der Waals surface area contributed by atoms with E-state index < -0.39 is 0 Å². The fourth-order valence-electron chi connectivity index (χ4n) is 3.53. The SMILES string of the molecule is O=C(Nc1c(Cl)cccc1Cl)C1CCC2CCCCC2N1. The van der Waals surface area contributed by atoms with Crippen molar-refractivity contribution in [2.24, 2.45) is 5.92 Å². The molecule has 5 heteroatoms. The number of nitrogens with one attached hydrogen (secondary N) is 2. The van der Waals surface area contributed by atoms with Crippen molar-refractivity contribution < 1.29 is 4.79 Å². The summed E-state index contributed by atoms with van der Waals surface area (Å²) in [7, 11) is 0. The van der Waals surface area contributed by atoms with Crippen molar-refractivity contribution in [3.63, 3.8) is 0 Å². The molecule has 0 bridgehead atoms. The molecule has 0 spiro atoms. The largest absolute Gasteiger partial charge is 0.322 e. The fourth-order valence-corrected chi connectivity index (χ4v) is 4.02. The number of hydrogen-bond donors (Lipinski definition) is 2. The van der Waals surface area contributed by atoms with Crippen molar-refractivity contribution in [3.8, 4) is 0 Å². The molecule has 1 aromatic carbocycles. The van der Waals surface area contributed by atoms with E-state index in [1.807, 2.05) is 0 Å². The van der Waals surface area contributed by atoms with Crippen molar-refractivity contribution in [3.05, 3.63) is 28.2 Å². The van der Waals surface area contributed by atoms with Crippen molar-refractivity contribution in [1.29, 1.82) is 0 Å². The molecule has 3 rings (SSSR count). The molecule has 1 aliphatic carbocycles. The van der Waals surface area contributed by atoms with Crippen LogP contribution in [0.3, 0.4) is 0 Å². The van der Waals surface area contributed by atoms with E-state index in [-0.39, 0.29) is 11.9 Å². The van der Waals surface area contributed by atoms with Crippen molar-refractivity contribution >= 4 is 34.8 Å². The first-order chi connectivity index (χ1) is 10.1. The molecule has 1 saturated heterocycles. The summed E-state index contributed by atoms with van der Waals surface area (Å²) >= 11 is 12.2. The highest BCUT2D eigenvalue weighted by atomic mass is 35.5. The number of anilines is 1. The standard InChI is InChI=1S/C16H20Cl2N2O/c17-11-5-3-6-12(18)15(11)20-16(21)14-9-8-10-4-1-2-7-13(10)19-14/h3,5-6,10,13-14,19H,1-2,4,7-9H2,(H,20,21). The second-order valence-electron chi connectivity index (χ2n) is 6.03. The van der Waals surface area contributed by atoms with Gasteiger partial charge in [0, 0.05) is 6.04 Å². The summed E-state index contributed by atoms with van der Waals surface area (Å²) in [5.74, 6) is 0.709. The molecule has 0 radical (unpaired) electrons. The average Bonchev–Trinajstić information content (AvgIpc) is 2.50. The number of hydrogen-bond acceptors (Lipinski definition) is 2. The molecule has 0 aromatic heterocycles. The van der Waals surface area contributed by atoms with Gasteiger partial charge in [0.25, 0.3) is 0 Å². The second-order valence-corrected chi connectivity index (χ2v) is 6.85. The molecule has 1 aliphatic heterocycles. The van der Waals surface area contributed by atoms with Crippen LogP contribution in [-0.2, 0) is 4.79 Å². The number of halogens is 2. The molecule has 114 valence electrons. The van der Waals surface area contributed by atoms with Gasteiger partial charge in [0.15, 0.2) is 0 Å². The lowest BCUT2D eigenvalue weighted by Gasteiger charge is -2.39. The van der Waals surface area contributed by atoms with E-state index in [1.54, 1.807) is 18.2 Å². The zero-order chi connectivity index (χ0) is 14.8. The molecule has 2 N–H and O–H groups in total. The first-order valence-corrected chi connectivity index (χ1v) is 8.41. The van der Waals surface area contributed by atoms with Gasteiger partial charge in [-0.05, 0) is 43.7 Å². The van der Waals surface area contributed by atoms with Gasteiger partial charge in [0.05, 0.1) is 21.8 Å². The van der Waals surface area contributed by atoms with Crippen LogP contribution in [0.2, 0.25) is 10.0 Å². The van der Waals surface area contributed by atoms with E-state index >= 15 is 0 Å². The molecule has 21 heavy (non-hydrogen) atoms. The Bertz CT molecular complexity index is 515. The van der Waals surface area contributed by atoms with Crippen LogP contribution < -0.4 is 10.6 Å². The van der Waals surface area contributed by atoms with E-state index in [0.29, 0.717) is 21.8 Å². The van der Waals surface area contributed by atoms with Gasteiger partial charge in [-0.2, -0.15) is 0 Å².